The highest BCUT2D eigenvalue weighted by atomic mass is 32.2. The zero-order valence-electron chi connectivity index (χ0n) is 18.9. The largest absolute Gasteiger partial charge is 0.494 e. The lowest BCUT2D eigenvalue weighted by Crippen LogP contribution is -2.27. The molecule has 0 saturated heterocycles. The van der Waals surface area contributed by atoms with E-state index in [-0.39, 0.29) is 17.3 Å². The smallest absolute Gasteiger partial charge is 0.255 e. The standard InChI is InChI=1S/C25H28N2O5S/c1-4-31-22-14-12-21(13-15-22)26-25(28)19-11-16-24(32-5-2)20(17-19)18-27(3)33(29,30)23-9-7-6-8-10-23/h6-17H,4-5,18H2,1-3H3,(H,26,28). The van der Waals surface area contributed by atoms with E-state index in [9.17, 15) is 13.2 Å². The number of rotatable bonds is 10. The Kier molecular flexibility index (Phi) is 8.08. The normalized spacial score (nSPS) is 11.3. The Hall–Kier alpha value is -3.36. The van der Waals surface area contributed by atoms with Crippen molar-refractivity contribution in [2.45, 2.75) is 25.3 Å². The fraction of sp³-hybridized carbons (Fsp3) is 0.240. The molecule has 0 atom stereocenters. The average molecular weight is 469 g/mol. The van der Waals surface area contributed by atoms with Gasteiger partial charge >= 0.3 is 0 Å². The zero-order chi connectivity index (χ0) is 23.8. The number of carbonyl (C=O) groups is 1. The number of amides is 1. The number of anilines is 1. The molecule has 3 rings (SSSR count). The van der Waals surface area contributed by atoms with E-state index in [0.717, 1.165) is 5.75 Å². The van der Waals surface area contributed by atoms with Gasteiger partial charge in [-0.3, -0.25) is 4.79 Å². The summed E-state index contributed by atoms with van der Waals surface area (Å²) < 4.78 is 38.2. The van der Waals surface area contributed by atoms with Gasteiger partial charge in [0, 0.05) is 30.4 Å². The molecule has 0 spiro atoms. The Labute approximate surface area is 195 Å². The molecule has 0 aliphatic rings. The maximum atomic E-state index is 12.9. The van der Waals surface area contributed by atoms with Crippen LogP contribution in [-0.4, -0.2) is 38.9 Å². The van der Waals surface area contributed by atoms with Crippen LogP contribution in [-0.2, 0) is 16.6 Å². The molecule has 7 nitrogen and oxygen atoms in total. The average Bonchev–Trinajstić information content (AvgIpc) is 2.82. The first-order valence-corrected chi connectivity index (χ1v) is 12.1. The predicted molar refractivity (Wildman–Crippen MR) is 128 cm³/mol. The van der Waals surface area contributed by atoms with Gasteiger partial charge in [0.05, 0.1) is 18.1 Å². The van der Waals surface area contributed by atoms with E-state index in [4.69, 9.17) is 9.47 Å². The number of nitrogens with zero attached hydrogens (tertiary/aromatic N) is 1. The number of carbonyl (C=O) groups excluding carboxylic acids is 1. The lowest BCUT2D eigenvalue weighted by molar-refractivity contribution is 0.102. The van der Waals surface area contributed by atoms with Crippen molar-refractivity contribution in [3.05, 3.63) is 83.9 Å². The Morgan fingerprint density at radius 1 is 0.909 bits per heavy atom. The summed E-state index contributed by atoms with van der Waals surface area (Å²) in [4.78, 5) is 13.0. The van der Waals surface area contributed by atoms with Crippen molar-refractivity contribution < 1.29 is 22.7 Å². The lowest BCUT2D eigenvalue weighted by atomic mass is 10.1. The highest BCUT2D eigenvalue weighted by molar-refractivity contribution is 7.89. The zero-order valence-corrected chi connectivity index (χ0v) is 19.8. The molecule has 0 saturated carbocycles. The number of hydrogen-bond donors (Lipinski definition) is 1. The summed E-state index contributed by atoms with van der Waals surface area (Å²) in [5.41, 5.74) is 1.62. The molecule has 0 heterocycles. The second-order valence-corrected chi connectivity index (χ2v) is 9.29. The monoisotopic (exact) mass is 468 g/mol. The maximum absolute atomic E-state index is 12.9. The van der Waals surface area contributed by atoms with Gasteiger partial charge in [0.1, 0.15) is 11.5 Å². The SMILES string of the molecule is CCOc1ccc(NC(=O)c2ccc(OCC)c(CN(C)S(=O)(=O)c3ccccc3)c2)cc1. The van der Waals surface area contributed by atoms with Crippen LogP contribution in [0.25, 0.3) is 0 Å². The number of ether oxygens (including phenoxy) is 2. The summed E-state index contributed by atoms with van der Waals surface area (Å²) in [5, 5.41) is 2.85. The van der Waals surface area contributed by atoms with Crippen LogP contribution in [0, 0.1) is 0 Å². The molecule has 0 fully saturated rings. The summed E-state index contributed by atoms with van der Waals surface area (Å²) in [7, 11) is -2.19. The van der Waals surface area contributed by atoms with Crippen LogP contribution in [0.15, 0.2) is 77.7 Å². The van der Waals surface area contributed by atoms with Crippen molar-refractivity contribution in [3.8, 4) is 11.5 Å². The molecule has 0 radical (unpaired) electrons. The molecular weight excluding hydrogens is 440 g/mol. The van der Waals surface area contributed by atoms with Crippen LogP contribution in [0.1, 0.15) is 29.8 Å². The number of benzene rings is 3. The first-order chi connectivity index (χ1) is 15.8. The van der Waals surface area contributed by atoms with Gasteiger partial charge in [-0.05, 0) is 68.4 Å². The minimum absolute atomic E-state index is 0.0523. The first kappa shape index (κ1) is 24.3. The quantitative estimate of drug-likeness (QED) is 0.472. The molecule has 3 aromatic rings. The van der Waals surface area contributed by atoms with Crippen LogP contribution in [0.2, 0.25) is 0 Å². The Bertz CT molecular complexity index is 1180. The van der Waals surface area contributed by atoms with Gasteiger partial charge in [0.15, 0.2) is 0 Å². The van der Waals surface area contributed by atoms with E-state index >= 15 is 0 Å². The van der Waals surface area contributed by atoms with E-state index in [2.05, 4.69) is 5.32 Å². The van der Waals surface area contributed by atoms with Crippen molar-refractivity contribution in [1.82, 2.24) is 4.31 Å². The molecule has 8 heteroatoms. The van der Waals surface area contributed by atoms with Crippen molar-refractivity contribution in [2.24, 2.45) is 0 Å². The molecule has 0 aliphatic carbocycles. The van der Waals surface area contributed by atoms with Crippen molar-refractivity contribution in [2.75, 3.05) is 25.6 Å². The third kappa shape index (κ3) is 6.12. The molecule has 0 aromatic heterocycles. The predicted octanol–water partition coefficient (Wildman–Crippen LogP) is 4.56. The molecule has 174 valence electrons. The molecule has 1 amide bonds. The van der Waals surface area contributed by atoms with Gasteiger partial charge < -0.3 is 14.8 Å². The van der Waals surface area contributed by atoms with Gasteiger partial charge in [-0.15, -0.1) is 0 Å². The summed E-state index contributed by atoms with van der Waals surface area (Å²) in [6, 6.07) is 20.3. The van der Waals surface area contributed by atoms with Gasteiger partial charge in [-0.1, -0.05) is 18.2 Å². The summed E-state index contributed by atoms with van der Waals surface area (Å²) in [5.74, 6) is 0.948. The minimum atomic E-state index is -3.69. The fourth-order valence-electron chi connectivity index (χ4n) is 3.24. The minimum Gasteiger partial charge on any atom is -0.494 e. The third-order valence-corrected chi connectivity index (χ3v) is 6.71. The molecule has 1 N–H and O–H groups in total. The topological polar surface area (TPSA) is 84.9 Å². The van der Waals surface area contributed by atoms with E-state index in [1.807, 2.05) is 13.8 Å². The molecule has 33 heavy (non-hydrogen) atoms. The summed E-state index contributed by atoms with van der Waals surface area (Å²) in [6.45, 7) is 4.79. The van der Waals surface area contributed by atoms with E-state index in [0.29, 0.717) is 35.8 Å². The van der Waals surface area contributed by atoms with Gasteiger partial charge in [-0.2, -0.15) is 4.31 Å². The number of hydrogen-bond acceptors (Lipinski definition) is 5. The van der Waals surface area contributed by atoms with Gasteiger partial charge in [0.25, 0.3) is 5.91 Å². The lowest BCUT2D eigenvalue weighted by Gasteiger charge is -2.20. The molecule has 0 unspecified atom stereocenters. The highest BCUT2D eigenvalue weighted by Gasteiger charge is 2.22. The maximum Gasteiger partial charge on any atom is 0.255 e. The third-order valence-electron chi connectivity index (χ3n) is 4.89. The number of sulfonamides is 1. The second kappa shape index (κ2) is 11.0. The first-order valence-electron chi connectivity index (χ1n) is 10.7. The van der Waals surface area contributed by atoms with Crippen LogP contribution in [0.3, 0.4) is 0 Å². The highest BCUT2D eigenvalue weighted by Crippen LogP contribution is 2.25. The molecule has 3 aromatic carbocycles. The summed E-state index contributed by atoms with van der Waals surface area (Å²) in [6.07, 6.45) is 0. The Morgan fingerprint density at radius 2 is 1.58 bits per heavy atom. The Morgan fingerprint density at radius 3 is 2.21 bits per heavy atom. The van der Waals surface area contributed by atoms with E-state index in [1.165, 1.54) is 11.4 Å². The second-order valence-electron chi connectivity index (χ2n) is 7.24. The molecule has 0 aliphatic heterocycles. The van der Waals surface area contributed by atoms with Gasteiger partial charge in [-0.25, -0.2) is 8.42 Å². The van der Waals surface area contributed by atoms with Crippen LogP contribution in [0.5, 0.6) is 11.5 Å². The van der Waals surface area contributed by atoms with Gasteiger partial charge in [0.2, 0.25) is 10.0 Å². The van der Waals surface area contributed by atoms with Crippen LogP contribution < -0.4 is 14.8 Å². The van der Waals surface area contributed by atoms with Crippen LogP contribution >= 0.6 is 0 Å². The van der Waals surface area contributed by atoms with Crippen molar-refractivity contribution in [3.63, 3.8) is 0 Å². The number of nitrogens with one attached hydrogen (secondary N) is 1. The van der Waals surface area contributed by atoms with Crippen molar-refractivity contribution >= 4 is 21.6 Å². The molecular formula is C25H28N2O5S. The fourth-order valence-corrected chi connectivity index (χ4v) is 4.41. The van der Waals surface area contributed by atoms with E-state index < -0.39 is 10.0 Å². The van der Waals surface area contributed by atoms with E-state index in [1.54, 1.807) is 72.8 Å². The molecule has 0 bridgehead atoms. The van der Waals surface area contributed by atoms with Crippen molar-refractivity contribution in [1.29, 1.82) is 0 Å². The van der Waals surface area contributed by atoms with Crippen LogP contribution in [0.4, 0.5) is 5.69 Å². The summed E-state index contributed by atoms with van der Waals surface area (Å²) >= 11 is 0. The Balaban J connectivity index is 1.82.